The Hall–Kier alpha value is -1.59. The summed E-state index contributed by atoms with van der Waals surface area (Å²) >= 11 is 0. The van der Waals surface area contributed by atoms with E-state index in [-0.39, 0.29) is 12.0 Å². The van der Waals surface area contributed by atoms with E-state index >= 15 is 0 Å². The number of benzene rings is 1. The molecule has 1 atom stereocenters. The lowest BCUT2D eigenvalue weighted by molar-refractivity contribution is -0.137. The van der Waals surface area contributed by atoms with Crippen molar-refractivity contribution in [3.05, 3.63) is 29.8 Å². The summed E-state index contributed by atoms with van der Waals surface area (Å²) in [7, 11) is 1.62. The van der Waals surface area contributed by atoms with Crippen LogP contribution in [0.1, 0.15) is 5.56 Å². The number of methoxy groups -OCH3 is 1. The van der Waals surface area contributed by atoms with Crippen LogP contribution in [0.25, 0.3) is 0 Å². The molecule has 0 spiro atoms. The number of ether oxygens (including phenoxy) is 2. The molecule has 0 aromatic heterocycles. The largest absolute Gasteiger partial charge is 0.497 e. The number of hydrogen-bond donors (Lipinski definition) is 1. The Morgan fingerprint density at radius 1 is 1.58 bits per heavy atom. The van der Waals surface area contributed by atoms with E-state index in [2.05, 4.69) is 0 Å². The highest BCUT2D eigenvalue weighted by Crippen LogP contribution is 2.14. The van der Waals surface area contributed by atoms with Gasteiger partial charge in [0.1, 0.15) is 5.75 Å². The van der Waals surface area contributed by atoms with Gasteiger partial charge < -0.3 is 20.1 Å². The number of amides is 1. The highest BCUT2D eigenvalue weighted by molar-refractivity contribution is 5.79. The van der Waals surface area contributed by atoms with Crippen LogP contribution >= 0.6 is 0 Å². The molecule has 5 heteroatoms. The number of carbonyl (C=O) groups excluding carboxylic acids is 1. The SMILES string of the molecule is COc1cccc(CC(=O)N2CCO[C@H](CN)C2)c1. The van der Waals surface area contributed by atoms with E-state index < -0.39 is 0 Å². The van der Waals surface area contributed by atoms with Crippen molar-refractivity contribution in [2.75, 3.05) is 33.4 Å². The van der Waals surface area contributed by atoms with Crippen LogP contribution in [0.2, 0.25) is 0 Å². The highest BCUT2D eigenvalue weighted by Gasteiger charge is 2.23. The fourth-order valence-electron chi connectivity index (χ4n) is 2.16. The van der Waals surface area contributed by atoms with Gasteiger partial charge in [0.15, 0.2) is 0 Å². The molecule has 2 rings (SSSR count). The maximum atomic E-state index is 12.2. The number of morpholine rings is 1. The van der Waals surface area contributed by atoms with Gasteiger partial charge in [-0.3, -0.25) is 4.79 Å². The van der Waals surface area contributed by atoms with Crippen LogP contribution in [0.3, 0.4) is 0 Å². The van der Waals surface area contributed by atoms with Gasteiger partial charge in [0.05, 0.1) is 26.2 Å². The molecule has 0 bridgehead atoms. The Labute approximate surface area is 113 Å². The lowest BCUT2D eigenvalue weighted by Crippen LogP contribution is -2.48. The number of nitrogens with two attached hydrogens (primary N) is 1. The molecule has 1 amide bonds. The van der Waals surface area contributed by atoms with Crippen molar-refractivity contribution in [3.63, 3.8) is 0 Å². The molecule has 1 fully saturated rings. The number of carbonyl (C=O) groups is 1. The molecule has 19 heavy (non-hydrogen) atoms. The van der Waals surface area contributed by atoms with E-state index in [4.69, 9.17) is 15.2 Å². The average molecular weight is 264 g/mol. The summed E-state index contributed by atoms with van der Waals surface area (Å²) in [4.78, 5) is 14.0. The summed E-state index contributed by atoms with van der Waals surface area (Å²) in [6.45, 7) is 2.23. The number of nitrogens with zero attached hydrogens (tertiary/aromatic N) is 1. The van der Waals surface area contributed by atoms with Gasteiger partial charge in [-0.05, 0) is 17.7 Å². The van der Waals surface area contributed by atoms with Gasteiger partial charge in [-0.15, -0.1) is 0 Å². The third-order valence-electron chi connectivity index (χ3n) is 3.24. The zero-order valence-electron chi connectivity index (χ0n) is 11.2. The summed E-state index contributed by atoms with van der Waals surface area (Å²) < 4.78 is 10.6. The van der Waals surface area contributed by atoms with Gasteiger partial charge >= 0.3 is 0 Å². The second-order valence-electron chi connectivity index (χ2n) is 4.60. The van der Waals surface area contributed by atoms with E-state index in [1.165, 1.54) is 0 Å². The van der Waals surface area contributed by atoms with Crippen molar-refractivity contribution in [2.24, 2.45) is 5.73 Å². The highest BCUT2D eigenvalue weighted by atomic mass is 16.5. The topological polar surface area (TPSA) is 64.8 Å². The summed E-state index contributed by atoms with van der Waals surface area (Å²) in [6.07, 6.45) is 0.345. The fraction of sp³-hybridized carbons (Fsp3) is 0.500. The molecule has 2 N–H and O–H groups in total. The van der Waals surface area contributed by atoms with E-state index in [0.717, 1.165) is 11.3 Å². The smallest absolute Gasteiger partial charge is 0.227 e. The first-order valence-corrected chi connectivity index (χ1v) is 6.45. The molecule has 1 saturated heterocycles. The molecule has 1 aromatic carbocycles. The van der Waals surface area contributed by atoms with Crippen LogP contribution in [-0.2, 0) is 16.0 Å². The Kier molecular flexibility index (Phi) is 4.76. The molecule has 104 valence electrons. The first-order valence-electron chi connectivity index (χ1n) is 6.45. The van der Waals surface area contributed by atoms with E-state index in [1.54, 1.807) is 7.11 Å². The van der Waals surface area contributed by atoms with Crippen LogP contribution in [0.4, 0.5) is 0 Å². The molecule has 1 aliphatic rings. The number of hydrogen-bond acceptors (Lipinski definition) is 4. The molecule has 0 unspecified atom stereocenters. The molecule has 5 nitrogen and oxygen atoms in total. The minimum absolute atomic E-state index is 0.0389. The van der Waals surface area contributed by atoms with Gasteiger partial charge in [0.2, 0.25) is 5.91 Å². The fourth-order valence-corrected chi connectivity index (χ4v) is 2.16. The van der Waals surface area contributed by atoms with Crippen LogP contribution in [0, 0.1) is 0 Å². The third-order valence-corrected chi connectivity index (χ3v) is 3.24. The maximum Gasteiger partial charge on any atom is 0.227 e. The van der Waals surface area contributed by atoms with Crippen LogP contribution in [-0.4, -0.2) is 50.3 Å². The van der Waals surface area contributed by atoms with E-state index in [1.807, 2.05) is 29.2 Å². The second-order valence-corrected chi connectivity index (χ2v) is 4.60. The predicted molar refractivity (Wildman–Crippen MR) is 72.1 cm³/mol. The van der Waals surface area contributed by atoms with Crippen molar-refractivity contribution >= 4 is 5.91 Å². The summed E-state index contributed by atoms with van der Waals surface area (Å²) in [5.74, 6) is 0.877. The van der Waals surface area contributed by atoms with Crippen LogP contribution < -0.4 is 10.5 Å². The molecular weight excluding hydrogens is 244 g/mol. The van der Waals surface area contributed by atoms with E-state index in [0.29, 0.717) is 32.7 Å². The molecule has 0 saturated carbocycles. The molecular formula is C14H20N2O3. The molecule has 1 aliphatic heterocycles. The Morgan fingerprint density at radius 3 is 3.16 bits per heavy atom. The second kappa shape index (κ2) is 6.54. The normalized spacial score (nSPS) is 19.3. The van der Waals surface area contributed by atoms with Crippen molar-refractivity contribution in [3.8, 4) is 5.75 Å². The minimum Gasteiger partial charge on any atom is -0.497 e. The third kappa shape index (κ3) is 3.68. The van der Waals surface area contributed by atoms with Crippen molar-refractivity contribution < 1.29 is 14.3 Å². The maximum absolute atomic E-state index is 12.2. The Balaban J connectivity index is 1.96. The molecule has 1 aromatic rings. The first kappa shape index (κ1) is 13.8. The van der Waals surface area contributed by atoms with Gasteiger partial charge in [0, 0.05) is 19.6 Å². The zero-order chi connectivity index (χ0) is 13.7. The average Bonchev–Trinajstić information content (AvgIpc) is 2.47. The van der Waals surface area contributed by atoms with Gasteiger partial charge in [-0.2, -0.15) is 0 Å². The lowest BCUT2D eigenvalue weighted by atomic mass is 10.1. The Bertz CT molecular complexity index is 436. The summed E-state index contributed by atoms with van der Waals surface area (Å²) in [6, 6.07) is 7.58. The number of rotatable bonds is 4. The first-order chi connectivity index (χ1) is 9.22. The van der Waals surface area contributed by atoms with Crippen molar-refractivity contribution in [1.29, 1.82) is 0 Å². The lowest BCUT2D eigenvalue weighted by Gasteiger charge is -2.32. The van der Waals surface area contributed by atoms with Gasteiger partial charge in [0.25, 0.3) is 0 Å². The standard InChI is InChI=1S/C14H20N2O3/c1-18-12-4-2-3-11(7-12)8-14(17)16-5-6-19-13(9-15)10-16/h2-4,7,13H,5-6,8-10,15H2,1H3/t13-/m1/s1. The summed E-state index contributed by atoms with van der Waals surface area (Å²) in [5, 5.41) is 0. The van der Waals surface area contributed by atoms with Crippen LogP contribution in [0.5, 0.6) is 5.75 Å². The quantitative estimate of drug-likeness (QED) is 0.856. The predicted octanol–water partition coefficient (Wildman–Crippen LogP) is 0.424. The minimum atomic E-state index is -0.0389. The molecule has 0 radical (unpaired) electrons. The van der Waals surface area contributed by atoms with Crippen molar-refractivity contribution in [2.45, 2.75) is 12.5 Å². The summed E-state index contributed by atoms with van der Waals surface area (Å²) in [5.41, 5.74) is 6.54. The zero-order valence-corrected chi connectivity index (χ0v) is 11.2. The monoisotopic (exact) mass is 264 g/mol. The van der Waals surface area contributed by atoms with Crippen molar-refractivity contribution in [1.82, 2.24) is 4.90 Å². The molecule has 1 heterocycles. The van der Waals surface area contributed by atoms with Crippen LogP contribution in [0.15, 0.2) is 24.3 Å². The van der Waals surface area contributed by atoms with Gasteiger partial charge in [-0.1, -0.05) is 12.1 Å². The molecule has 0 aliphatic carbocycles. The Morgan fingerprint density at radius 2 is 2.42 bits per heavy atom. The van der Waals surface area contributed by atoms with E-state index in [9.17, 15) is 4.79 Å². The van der Waals surface area contributed by atoms with Gasteiger partial charge in [-0.25, -0.2) is 0 Å².